The van der Waals surface area contributed by atoms with Gasteiger partial charge >= 0.3 is 5.76 Å². The summed E-state index contributed by atoms with van der Waals surface area (Å²) in [6.07, 6.45) is 3.84. The SMILES string of the molecule is O=C(CCn1c(=O)oc2ccccc21)N1CCC2(CCC2O)CC1. The summed E-state index contributed by atoms with van der Waals surface area (Å²) >= 11 is 0. The van der Waals surface area contributed by atoms with Gasteiger partial charge in [0.05, 0.1) is 11.6 Å². The maximum absolute atomic E-state index is 12.5. The Morgan fingerprint density at radius 2 is 2.00 bits per heavy atom. The Hall–Kier alpha value is -2.08. The molecule has 24 heavy (non-hydrogen) atoms. The van der Waals surface area contributed by atoms with Crippen molar-refractivity contribution in [1.82, 2.24) is 9.47 Å². The van der Waals surface area contributed by atoms with Crippen molar-refractivity contribution < 1.29 is 14.3 Å². The Labute approximate surface area is 139 Å². The molecule has 1 saturated heterocycles. The Balaban J connectivity index is 1.38. The van der Waals surface area contributed by atoms with Crippen molar-refractivity contribution in [3.8, 4) is 0 Å². The number of fused-ring (bicyclic) bond motifs is 1. The normalized spacial score (nSPS) is 22.7. The van der Waals surface area contributed by atoms with E-state index in [0.717, 1.165) is 31.2 Å². The molecule has 1 unspecified atom stereocenters. The average molecular weight is 330 g/mol. The number of carbonyl (C=O) groups is 1. The van der Waals surface area contributed by atoms with Crippen LogP contribution in [-0.4, -0.2) is 39.7 Å². The van der Waals surface area contributed by atoms with E-state index in [9.17, 15) is 14.7 Å². The molecule has 0 bridgehead atoms. The van der Waals surface area contributed by atoms with E-state index in [1.165, 1.54) is 4.57 Å². The Bertz CT molecular complexity index is 814. The standard InChI is InChI=1S/C18H22N2O4/c21-15-5-7-18(15)8-11-19(12-9-18)16(22)6-10-20-13-3-1-2-4-14(13)24-17(20)23/h1-4,15,21H,5-12H2. The highest BCUT2D eigenvalue weighted by molar-refractivity contribution is 5.77. The van der Waals surface area contributed by atoms with Crippen LogP contribution in [0.2, 0.25) is 0 Å². The molecule has 1 atom stereocenters. The molecule has 0 radical (unpaired) electrons. The van der Waals surface area contributed by atoms with Crippen molar-refractivity contribution in [3.63, 3.8) is 0 Å². The van der Waals surface area contributed by atoms with Gasteiger partial charge in [-0.1, -0.05) is 12.1 Å². The van der Waals surface area contributed by atoms with Crippen LogP contribution in [0.1, 0.15) is 32.1 Å². The summed E-state index contributed by atoms with van der Waals surface area (Å²) in [6, 6.07) is 7.25. The number of nitrogens with zero attached hydrogens (tertiary/aromatic N) is 2. The number of carbonyl (C=O) groups excluding carboxylic acids is 1. The lowest BCUT2D eigenvalue weighted by Crippen LogP contribution is -2.53. The molecular weight excluding hydrogens is 308 g/mol. The van der Waals surface area contributed by atoms with E-state index in [4.69, 9.17) is 4.42 Å². The van der Waals surface area contributed by atoms with Crippen molar-refractivity contribution in [3.05, 3.63) is 34.8 Å². The lowest BCUT2D eigenvalue weighted by atomic mass is 9.61. The number of aryl methyl sites for hydroxylation is 1. The second-order valence-electron chi connectivity index (χ2n) is 7.03. The zero-order valence-corrected chi connectivity index (χ0v) is 13.6. The predicted molar refractivity (Wildman–Crippen MR) is 88.6 cm³/mol. The Kier molecular flexibility index (Phi) is 3.72. The molecule has 4 rings (SSSR count). The van der Waals surface area contributed by atoms with E-state index in [2.05, 4.69) is 0 Å². The van der Waals surface area contributed by atoms with Crippen LogP contribution >= 0.6 is 0 Å². The van der Waals surface area contributed by atoms with Gasteiger partial charge in [-0.3, -0.25) is 9.36 Å². The number of oxazole rings is 1. The monoisotopic (exact) mass is 330 g/mol. The summed E-state index contributed by atoms with van der Waals surface area (Å²) in [5.41, 5.74) is 1.34. The highest BCUT2D eigenvalue weighted by Crippen LogP contribution is 2.49. The fourth-order valence-electron chi connectivity index (χ4n) is 4.06. The zero-order chi connectivity index (χ0) is 16.7. The maximum Gasteiger partial charge on any atom is 0.419 e. The van der Waals surface area contributed by atoms with Gasteiger partial charge in [-0.15, -0.1) is 0 Å². The molecule has 1 saturated carbocycles. The molecule has 128 valence electrons. The van der Waals surface area contributed by atoms with Gasteiger partial charge in [0.2, 0.25) is 5.91 Å². The molecule has 1 N–H and O–H groups in total. The zero-order valence-electron chi connectivity index (χ0n) is 13.6. The number of para-hydroxylation sites is 2. The number of aliphatic hydroxyl groups is 1. The molecule has 2 heterocycles. The number of benzene rings is 1. The minimum atomic E-state index is -0.417. The van der Waals surface area contributed by atoms with Crippen LogP contribution in [0.5, 0.6) is 0 Å². The smallest absolute Gasteiger partial charge is 0.408 e. The van der Waals surface area contributed by atoms with Crippen LogP contribution < -0.4 is 5.76 Å². The fraction of sp³-hybridized carbons (Fsp3) is 0.556. The summed E-state index contributed by atoms with van der Waals surface area (Å²) in [5, 5.41) is 9.96. The van der Waals surface area contributed by atoms with E-state index in [-0.39, 0.29) is 17.4 Å². The first-order valence-corrected chi connectivity index (χ1v) is 8.63. The van der Waals surface area contributed by atoms with Gasteiger partial charge in [0.25, 0.3) is 0 Å². The second kappa shape index (κ2) is 5.77. The van der Waals surface area contributed by atoms with Gasteiger partial charge in [0.15, 0.2) is 5.58 Å². The van der Waals surface area contributed by atoms with Crippen LogP contribution in [0.3, 0.4) is 0 Å². The molecule has 1 aliphatic carbocycles. The van der Waals surface area contributed by atoms with Crippen LogP contribution in [0.15, 0.2) is 33.5 Å². The predicted octanol–water partition coefficient (Wildman–Crippen LogP) is 1.75. The lowest BCUT2D eigenvalue weighted by molar-refractivity contribution is -0.141. The minimum absolute atomic E-state index is 0.0640. The molecule has 2 aliphatic rings. The quantitative estimate of drug-likeness (QED) is 0.930. The third kappa shape index (κ3) is 2.45. The molecule has 1 spiro atoms. The number of likely N-dealkylation sites (tertiary alicyclic amines) is 1. The number of hydrogen-bond donors (Lipinski definition) is 1. The Morgan fingerprint density at radius 1 is 1.25 bits per heavy atom. The van der Waals surface area contributed by atoms with Crippen LogP contribution in [-0.2, 0) is 11.3 Å². The number of amides is 1. The van der Waals surface area contributed by atoms with Gasteiger partial charge < -0.3 is 14.4 Å². The van der Waals surface area contributed by atoms with Crippen molar-refractivity contribution in [1.29, 1.82) is 0 Å². The fourth-order valence-corrected chi connectivity index (χ4v) is 4.06. The van der Waals surface area contributed by atoms with Gasteiger partial charge in [-0.2, -0.15) is 0 Å². The summed E-state index contributed by atoms with van der Waals surface area (Å²) < 4.78 is 6.71. The highest BCUT2D eigenvalue weighted by Gasteiger charge is 2.47. The van der Waals surface area contributed by atoms with Crippen molar-refractivity contribution in [2.24, 2.45) is 5.41 Å². The topological polar surface area (TPSA) is 75.7 Å². The third-order valence-corrected chi connectivity index (χ3v) is 5.86. The first-order chi connectivity index (χ1) is 11.6. The van der Waals surface area contributed by atoms with Crippen molar-refractivity contribution >= 4 is 17.0 Å². The molecule has 1 aliphatic heterocycles. The largest absolute Gasteiger partial charge is 0.419 e. The third-order valence-electron chi connectivity index (χ3n) is 5.86. The number of aromatic nitrogens is 1. The number of hydrogen-bond acceptors (Lipinski definition) is 4. The molecule has 1 aromatic heterocycles. The molecule has 1 amide bonds. The summed E-state index contributed by atoms with van der Waals surface area (Å²) in [7, 11) is 0. The van der Waals surface area contributed by atoms with Crippen LogP contribution in [0.4, 0.5) is 0 Å². The maximum atomic E-state index is 12.5. The van der Waals surface area contributed by atoms with Crippen molar-refractivity contribution in [2.75, 3.05) is 13.1 Å². The Morgan fingerprint density at radius 3 is 2.67 bits per heavy atom. The minimum Gasteiger partial charge on any atom is -0.408 e. The van der Waals surface area contributed by atoms with Crippen LogP contribution in [0, 0.1) is 5.41 Å². The van der Waals surface area contributed by atoms with E-state index in [0.29, 0.717) is 31.6 Å². The van der Waals surface area contributed by atoms with Gasteiger partial charge in [-0.05, 0) is 43.2 Å². The number of piperidine rings is 1. The first-order valence-electron chi connectivity index (χ1n) is 8.63. The number of aliphatic hydroxyl groups excluding tert-OH is 1. The van der Waals surface area contributed by atoms with Crippen LogP contribution in [0.25, 0.3) is 11.1 Å². The summed E-state index contributed by atoms with van der Waals surface area (Å²) in [5.74, 6) is -0.352. The molecule has 6 heteroatoms. The average Bonchev–Trinajstić information content (AvgIpc) is 2.93. The number of rotatable bonds is 3. The van der Waals surface area contributed by atoms with E-state index in [1.54, 1.807) is 6.07 Å². The van der Waals surface area contributed by atoms with E-state index in [1.807, 2.05) is 23.1 Å². The van der Waals surface area contributed by atoms with Crippen molar-refractivity contribution in [2.45, 2.75) is 44.8 Å². The molecular formula is C18H22N2O4. The van der Waals surface area contributed by atoms with E-state index >= 15 is 0 Å². The molecule has 6 nitrogen and oxygen atoms in total. The van der Waals surface area contributed by atoms with Gasteiger partial charge in [-0.25, -0.2) is 4.79 Å². The van der Waals surface area contributed by atoms with Gasteiger partial charge in [0.1, 0.15) is 0 Å². The van der Waals surface area contributed by atoms with Gasteiger partial charge in [0, 0.05) is 26.1 Å². The molecule has 2 fully saturated rings. The highest BCUT2D eigenvalue weighted by atomic mass is 16.4. The summed E-state index contributed by atoms with van der Waals surface area (Å²) in [4.78, 5) is 26.3. The summed E-state index contributed by atoms with van der Waals surface area (Å²) in [6.45, 7) is 1.74. The van der Waals surface area contributed by atoms with E-state index < -0.39 is 5.76 Å². The lowest BCUT2D eigenvalue weighted by Gasteiger charge is -2.51. The molecule has 2 aromatic rings. The molecule has 1 aromatic carbocycles. The first kappa shape index (κ1) is 15.4. The second-order valence-corrected chi connectivity index (χ2v) is 7.03.